The Kier molecular flexibility index (Phi) is 5.43. The molecular formula is C12H22N2O. The van der Waals surface area contributed by atoms with Crippen LogP contribution in [-0.2, 0) is 17.7 Å². The van der Waals surface area contributed by atoms with E-state index in [-0.39, 0.29) is 6.04 Å². The van der Waals surface area contributed by atoms with Crippen LogP contribution in [0.3, 0.4) is 0 Å². The lowest BCUT2D eigenvalue weighted by Gasteiger charge is -2.11. The molecule has 0 saturated carbocycles. The lowest BCUT2D eigenvalue weighted by atomic mass is 10.2. The van der Waals surface area contributed by atoms with E-state index >= 15 is 0 Å². The minimum Gasteiger partial charge on any atom is -0.380 e. The van der Waals surface area contributed by atoms with E-state index in [0.29, 0.717) is 0 Å². The molecule has 0 amide bonds. The van der Waals surface area contributed by atoms with Crippen LogP contribution < -0.4 is 5.73 Å². The van der Waals surface area contributed by atoms with Crippen LogP contribution >= 0.6 is 0 Å². The molecule has 1 atom stereocenters. The molecule has 0 aliphatic heterocycles. The molecule has 3 heteroatoms. The number of nitrogens with zero attached hydrogens (tertiary/aromatic N) is 1. The fraction of sp³-hybridized carbons (Fsp3) is 0.667. The van der Waals surface area contributed by atoms with E-state index in [1.54, 1.807) is 0 Å². The molecule has 0 fully saturated rings. The molecule has 0 spiro atoms. The fourth-order valence-corrected chi connectivity index (χ4v) is 1.59. The first kappa shape index (κ1) is 12.3. The molecule has 0 aliphatic carbocycles. The summed E-state index contributed by atoms with van der Waals surface area (Å²) in [6.07, 6.45) is 4.10. The van der Waals surface area contributed by atoms with Gasteiger partial charge in [-0.3, -0.25) is 0 Å². The van der Waals surface area contributed by atoms with Gasteiger partial charge in [-0.1, -0.05) is 6.92 Å². The van der Waals surface area contributed by atoms with Crippen molar-refractivity contribution < 1.29 is 4.74 Å². The molecule has 1 rings (SSSR count). The molecule has 0 aliphatic rings. The lowest BCUT2D eigenvalue weighted by molar-refractivity contribution is 0.126. The number of hydrogen-bond acceptors (Lipinski definition) is 2. The summed E-state index contributed by atoms with van der Waals surface area (Å²) in [6, 6.07) is 4.41. The Morgan fingerprint density at radius 2 is 2.27 bits per heavy atom. The molecule has 1 aromatic heterocycles. The summed E-state index contributed by atoms with van der Waals surface area (Å²) in [6.45, 7) is 6.72. The molecule has 3 nitrogen and oxygen atoms in total. The summed E-state index contributed by atoms with van der Waals surface area (Å²) in [5.41, 5.74) is 7.08. The molecule has 86 valence electrons. The zero-order valence-corrected chi connectivity index (χ0v) is 9.78. The van der Waals surface area contributed by atoms with Crippen LogP contribution in [0.25, 0.3) is 0 Å². The van der Waals surface area contributed by atoms with Gasteiger partial charge in [-0.05, 0) is 25.5 Å². The number of aromatic nitrogens is 1. The Morgan fingerprint density at radius 1 is 1.47 bits per heavy atom. The number of rotatable bonds is 7. The molecule has 0 saturated heterocycles. The van der Waals surface area contributed by atoms with E-state index in [1.165, 1.54) is 5.69 Å². The Balaban J connectivity index is 2.36. The first-order chi connectivity index (χ1) is 7.24. The van der Waals surface area contributed by atoms with Crippen molar-refractivity contribution in [3.63, 3.8) is 0 Å². The monoisotopic (exact) mass is 210 g/mol. The van der Waals surface area contributed by atoms with Crippen LogP contribution in [0.2, 0.25) is 0 Å². The van der Waals surface area contributed by atoms with E-state index in [2.05, 4.69) is 29.8 Å². The average Bonchev–Trinajstić information content (AvgIpc) is 2.59. The van der Waals surface area contributed by atoms with Crippen molar-refractivity contribution in [2.24, 2.45) is 5.73 Å². The highest BCUT2D eigenvalue weighted by Crippen LogP contribution is 2.05. The van der Waals surface area contributed by atoms with Gasteiger partial charge in [0.25, 0.3) is 0 Å². The maximum atomic E-state index is 5.78. The number of ether oxygens (including phenoxy) is 1. The Labute approximate surface area is 92.2 Å². The quantitative estimate of drug-likeness (QED) is 0.697. The van der Waals surface area contributed by atoms with E-state index in [1.807, 2.05) is 6.92 Å². The van der Waals surface area contributed by atoms with E-state index < -0.39 is 0 Å². The molecule has 0 radical (unpaired) electrons. The summed E-state index contributed by atoms with van der Waals surface area (Å²) in [5, 5.41) is 0. The molecule has 1 aromatic rings. The van der Waals surface area contributed by atoms with Gasteiger partial charge in [-0.15, -0.1) is 0 Å². The van der Waals surface area contributed by atoms with E-state index in [4.69, 9.17) is 10.5 Å². The van der Waals surface area contributed by atoms with Crippen LogP contribution in [0.15, 0.2) is 18.3 Å². The predicted octanol–water partition coefficient (Wildman–Crippen LogP) is 1.80. The first-order valence-electron chi connectivity index (χ1n) is 5.71. The van der Waals surface area contributed by atoms with Crippen molar-refractivity contribution >= 4 is 0 Å². The second kappa shape index (κ2) is 6.64. The van der Waals surface area contributed by atoms with Gasteiger partial charge in [0.2, 0.25) is 0 Å². The molecule has 0 bridgehead atoms. The Morgan fingerprint density at radius 3 is 2.93 bits per heavy atom. The van der Waals surface area contributed by atoms with Crippen molar-refractivity contribution in [2.75, 3.05) is 13.2 Å². The Hall–Kier alpha value is -0.800. The van der Waals surface area contributed by atoms with E-state index in [0.717, 1.165) is 32.6 Å². The summed E-state index contributed by atoms with van der Waals surface area (Å²) in [5.74, 6) is 0. The predicted molar refractivity (Wildman–Crippen MR) is 62.9 cm³/mol. The standard InChI is InChI=1S/C12H22N2O/c1-3-8-15-9-7-14-6-4-5-12(14)10-11(2)13/h4-6,11H,3,7-10,13H2,1-2H3. The van der Waals surface area contributed by atoms with Crippen LogP contribution in [0.5, 0.6) is 0 Å². The maximum absolute atomic E-state index is 5.78. The first-order valence-corrected chi connectivity index (χ1v) is 5.71. The molecule has 15 heavy (non-hydrogen) atoms. The largest absolute Gasteiger partial charge is 0.380 e. The number of nitrogens with two attached hydrogens (primary N) is 1. The highest BCUT2D eigenvalue weighted by Gasteiger charge is 2.03. The lowest BCUT2D eigenvalue weighted by Crippen LogP contribution is -2.20. The van der Waals surface area contributed by atoms with Crippen molar-refractivity contribution in [1.29, 1.82) is 0 Å². The van der Waals surface area contributed by atoms with Gasteiger partial charge in [0, 0.05) is 37.5 Å². The maximum Gasteiger partial charge on any atom is 0.0645 e. The van der Waals surface area contributed by atoms with Gasteiger partial charge in [0.1, 0.15) is 0 Å². The van der Waals surface area contributed by atoms with Crippen molar-refractivity contribution in [3.05, 3.63) is 24.0 Å². The minimum atomic E-state index is 0.218. The molecule has 2 N–H and O–H groups in total. The molecule has 1 unspecified atom stereocenters. The van der Waals surface area contributed by atoms with Gasteiger partial charge in [0.15, 0.2) is 0 Å². The second-order valence-electron chi connectivity index (χ2n) is 3.99. The summed E-state index contributed by atoms with van der Waals surface area (Å²) < 4.78 is 7.69. The van der Waals surface area contributed by atoms with Crippen LogP contribution in [0.4, 0.5) is 0 Å². The third-order valence-electron chi connectivity index (χ3n) is 2.28. The molecule has 1 heterocycles. The number of hydrogen-bond donors (Lipinski definition) is 1. The fourth-order valence-electron chi connectivity index (χ4n) is 1.59. The molecular weight excluding hydrogens is 188 g/mol. The van der Waals surface area contributed by atoms with Crippen LogP contribution in [0, 0.1) is 0 Å². The summed E-state index contributed by atoms with van der Waals surface area (Å²) >= 11 is 0. The zero-order valence-electron chi connectivity index (χ0n) is 9.78. The van der Waals surface area contributed by atoms with Crippen molar-refractivity contribution in [1.82, 2.24) is 4.57 Å². The highest BCUT2D eigenvalue weighted by atomic mass is 16.5. The smallest absolute Gasteiger partial charge is 0.0645 e. The van der Waals surface area contributed by atoms with Gasteiger partial charge in [0.05, 0.1) is 6.61 Å². The summed E-state index contributed by atoms with van der Waals surface area (Å²) in [4.78, 5) is 0. The van der Waals surface area contributed by atoms with Gasteiger partial charge >= 0.3 is 0 Å². The third kappa shape index (κ3) is 4.49. The minimum absolute atomic E-state index is 0.218. The average molecular weight is 210 g/mol. The highest BCUT2D eigenvalue weighted by molar-refractivity contribution is 5.08. The molecule has 0 aromatic carbocycles. The third-order valence-corrected chi connectivity index (χ3v) is 2.28. The SMILES string of the molecule is CCCOCCn1cccc1CC(C)N. The van der Waals surface area contributed by atoms with Crippen molar-refractivity contribution in [2.45, 2.75) is 39.3 Å². The normalized spacial score (nSPS) is 13.0. The second-order valence-corrected chi connectivity index (χ2v) is 3.99. The summed E-state index contributed by atoms with van der Waals surface area (Å²) in [7, 11) is 0. The van der Waals surface area contributed by atoms with Crippen LogP contribution in [0.1, 0.15) is 26.0 Å². The van der Waals surface area contributed by atoms with Gasteiger partial charge < -0.3 is 15.0 Å². The van der Waals surface area contributed by atoms with Crippen LogP contribution in [-0.4, -0.2) is 23.8 Å². The van der Waals surface area contributed by atoms with Gasteiger partial charge in [-0.2, -0.15) is 0 Å². The topological polar surface area (TPSA) is 40.2 Å². The van der Waals surface area contributed by atoms with Crippen molar-refractivity contribution in [3.8, 4) is 0 Å². The van der Waals surface area contributed by atoms with E-state index in [9.17, 15) is 0 Å². The van der Waals surface area contributed by atoms with Gasteiger partial charge in [-0.25, -0.2) is 0 Å². The zero-order chi connectivity index (χ0) is 11.1. The Bertz CT molecular complexity index is 268.